The van der Waals surface area contributed by atoms with Gasteiger partial charge in [0.1, 0.15) is 0 Å². The van der Waals surface area contributed by atoms with Crippen LogP contribution in [0, 0.1) is 5.92 Å². The third-order valence-electron chi connectivity index (χ3n) is 2.53. The second kappa shape index (κ2) is 6.94. The van der Waals surface area contributed by atoms with Crippen molar-refractivity contribution < 1.29 is 5.11 Å². The maximum atomic E-state index is 9.75. The molecule has 1 aromatic carbocycles. The Kier molecular flexibility index (Phi) is 5.48. The molecule has 0 spiro atoms. The number of aliphatic hydroxyl groups is 1. The molecule has 1 atom stereocenters. The van der Waals surface area contributed by atoms with E-state index in [4.69, 9.17) is 0 Å². The molecule has 1 aromatic rings. The van der Waals surface area contributed by atoms with Gasteiger partial charge < -0.3 is 10.4 Å². The van der Waals surface area contributed by atoms with Crippen molar-refractivity contribution in [3.05, 3.63) is 42.2 Å². The normalized spacial score (nSPS) is 13.5. The second-order valence-corrected chi connectivity index (χ2v) is 4.07. The number of rotatable bonds is 6. The van der Waals surface area contributed by atoms with Crippen LogP contribution >= 0.6 is 0 Å². The van der Waals surface area contributed by atoms with Gasteiger partial charge >= 0.3 is 0 Å². The Labute approximate surface area is 98.0 Å². The largest absolute Gasteiger partial charge is 0.512 e. The van der Waals surface area contributed by atoms with Gasteiger partial charge in [-0.1, -0.05) is 38.5 Å². The van der Waals surface area contributed by atoms with Gasteiger partial charge in [-0.2, -0.15) is 0 Å². The summed E-state index contributed by atoms with van der Waals surface area (Å²) >= 11 is 0. The number of para-hydroxylation sites is 1. The van der Waals surface area contributed by atoms with Gasteiger partial charge in [0.2, 0.25) is 0 Å². The molecule has 16 heavy (non-hydrogen) atoms. The predicted molar refractivity (Wildman–Crippen MR) is 69.7 cm³/mol. The van der Waals surface area contributed by atoms with Gasteiger partial charge in [0.15, 0.2) is 0 Å². The summed E-state index contributed by atoms with van der Waals surface area (Å²) in [7, 11) is 0. The van der Waals surface area contributed by atoms with E-state index >= 15 is 0 Å². The van der Waals surface area contributed by atoms with E-state index in [0.29, 0.717) is 5.76 Å². The van der Waals surface area contributed by atoms with Crippen LogP contribution < -0.4 is 5.32 Å². The molecule has 0 aliphatic carbocycles. The van der Waals surface area contributed by atoms with E-state index in [0.717, 1.165) is 25.1 Å². The molecule has 88 valence electrons. The first kappa shape index (κ1) is 12.6. The number of hydrogen-bond donors (Lipinski definition) is 2. The van der Waals surface area contributed by atoms with Gasteiger partial charge in [0.05, 0.1) is 5.76 Å². The number of benzene rings is 1. The van der Waals surface area contributed by atoms with Gasteiger partial charge in [0.25, 0.3) is 0 Å². The Morgan fingerprint density at radius 2 is 2.06 bits per heavy atom. The summed E-state index contributed by atoms with van der Waals surface area (Å²) in [5.41, 5.74) is 1.10. The van der Waals surface area contributed by atoms with Gasteiger partial charge in [-0.05, 0) is 24.6 Å². The van der Waals surface area contributed by atoms with E-state index in [9.17, 15) is 5.11 Å². The van der Waals surface area contributed by atoms with Gasteiger partial charge in [-0.15, -0.1) is 0 Å². The zero-order chi connectivity index (χ0) is 11.8. The number of unbranched alkanes of at least 4 members (excludes halogenated alkanes) is 1. The van der Waals surface area contributed by atoms with Crippen LogP contribution in [0.1, 0.15) is 26.7 Å². The minimum Gasteiger partial charge on any atom is -0.512 e. The molecule has 1 rings (SSSR count). The monoisotopic (exact) mass is 219 g/mol. The highest BCUT2D eigenvalue weighted by Gasteiger charge is 2.06. The lowest BCUT2D eigenvalue weighted by atomic mass is 10.1. The third kappa shape index (κ3) is 4.39. The molecule has 1 unspecified atom stereocenters. The Balaban J connectivity index is 2.38. The highest BCUT2D eigenvalue weighted by Crippen LogP contribution is 2.11. The maximum absolute atomic E-state index is 9.75. The van der Waals surface area contributed by atoms with E-state index < -0.39 is 0 Å². The molecular weight excluding hydrogens is 198 g/mol. The third-order valence-corrected chi connectivity index (χ3v) is 2.53. The lowest BCUT2D eigenvalue weighted by Gasteiger charge is -2.13. The first-order chi connectivity index (χ1) is 7.74. The van der Waals surface area contributed by atoms with Crippen LogP contribution in [0.2, 0.25) is 0 Å². The number of nitrogens with one attached hydrogen (secondary N) is 1. The molecule has 2 heteroatoms. The summed E-state index contributed by atoms with van der Waals surface area (Å²) in [6.45, 7) is 4.89. The first-order valence-corrected chi connectivity index (χ1v) is 5.92. The molecule has 0 aromatic heterocycles. The zero-order valence-corrected chi connectivity index (χ0v) is 10.1. The minimum absolute atomic E-state index is 0.159. The predicted octanol–water partition coefficient (Wildman–Crippen LogP) is 3.98. The van der Waals surface area contributed by atoms with Crippen LogP contribution in [-0.4, -0.2) is 11.7 Å². The van der Waals surface area contributed by atoms with Crippen LogP contribution in [0.4, 0.5) is 5.69 Å². The summed E-state index contributed by atoms with van der Waals surface area (Å²) in [6.07, 6.45) is 3.93. The van der Waals surface area contributed by atoms with E-state index in [1.807, 2.05) is 43.3 Å². The molecule has 0 radical (unpaired) electrons. The second-order valence-electron chi connectivity index (χ2n) is 4.07. The average molecular weight is 219 g/mol. The first-order valence-electron chi connectivity index (χ1n) is 5.92. The molecule has 0 amide bonds. The van der Waals surface area contributed by atoms with E-state index in [2.05, 4.69) is 12.2 Å². The number of allylic oxidation sites excluding steroid dienone is 1. The van der Waals surface area contributed by atoms with Gasteiger partial charge in [0, 0.05) is 18.2 Å². The standard InChI is InChI=1S/C14H21NO/c1-3-4-10-14(16)12(2)11-15-13-8-6-5-7-9-13/h5-10,12,15-16H,3-4,11H2,1-2H3/b14-10+. The van der Waals surface area contributed by atoms with Crippen molar-refractivity contribution in [2.75, 3.05) is 11.9 Å². The van der Waals surface area contributed by atoms with Crippen molar-refractivity contribution >= 4 is 5.69 Å². The lowest BCUT2D eigenvalue weighted by Crippen LogP contribution is -2.13. The van der Waals surface area contributed by atoms with Crippen molar-refractivity contribution in [2.24, 2.45) is 5.92 Å². The number of aliphatic hydroxyl groups excluding tert-OH is 1. The molecule has 0 aliphatic heterocycles. The summed E-state index contributed by atoms with van der Waals surface area (Å²) < 4.78 is 0. The molecular formula is C14H21NO. The molecule has 0 fully saturated rings. The number of hydrogen-bond acceptors (Lipinski definition) is 2. The minimum atomic E-state index is 0.159. The highest BCUT2D eigenvalue weighted by molar-refractivity contribution is 5.42. The topological polar surface area (TPSA) is 32.3 Å². The molecule has 2 N–H and O–H groups in total. The molecule has 0 saturated carbocycles. The fourth-order valence-electron chi connectivity index (χ4n) is 1.42. The Morgan fingerprint density at radius 1 is 1.38 bits per heavy atom. The summed E-state index contributed by atoms with van der Waals surface area (Å²) in [5.74, 6) is 0.650. The van der Waals surface area contributed by atoms with E-state index in [1.165, 1.54) is 0 Å². The maximum Gasteiger partial charge on any atom is 0.0928 e. The van der Waals surface area contributed by atoms with Crippen molar-refractivity contribution in [2.45, 2.75) is 26.7 Å². The highest BCUT2D eigenvalue weighted by atomic mass is 16.3. The van der Waals surface area contributed by atoms with Crippen LogP contribution in [0.15, 0.2) is 42.2 Å². The van der Waals surface area contributed by atoms with Crippen molar-refractivity contribution in [1.29, 1.82) is 0 Å². The lowest BCUT2D eigenvalue weighted by molar-refractivity contribution is 0.344. The van der Waals surface area contributed by atoms with E-state index in [-0.39, 0.29) is 5.92 Å². The van der Waals surface area contributed by atoms with Crippen molar-refractivity contribution in [3.8, 4) is 0 Å². The Bertz CT molecular complexity index is 319. The van der Waals surface area contributed by atoms with Gasteiger partial charge in [-0.3, -0.25) is 0 Å². The van der Waals surface area contributed by atoms with E-state index in [1.54, 1.807) is 0 Å². The number of anilines is 1. The SMILES string of the molecule is CCC/C=C(/O)C(C)CNc1ccccc1. The Morgan fingerprint density at radius 3 is 2.69 bits per heavy atom. The van der Waals surface area contributed by atoms with Crippen LogP contribution in [0.25, 0.3) is 0 Å². The molecule has 0 bridgehead atoms. The summed E-state index contributed by atoms with van der Waals surface area (Å²) in [4.78, 5) is 0. The van der Waals surface area contributed by atoms with Crippen LogP contribution in [0.3, 0.4) is 0 Å². The van der Waals surface area contributed by atoms with Crippen molar-refractivity contribution in [3.63, 3.8) is 0 Å². The van der Waals surface area contributed by atoms with Crippen LogP contribution in [-0.2, 0) is 0 Å². The fourth-order valence-corrected chi connectivity index (χ4v) is 1.42. The quantitative estimate of drug-likeness (QED) is 0.709. The summed E-state index contributed by atoms with van der Waals surface area (Å²) in [5, 5.41) is 13.0. The molecule has 0 saturated heterocycles. The molecule has 0 aliphatic rings. The molecule has 2 nitrogen and oxygen atoms in total. The molecule has 0 heterocycles. The summed E-state index contributed by atoms with van der Waals surface area (Å²) in [6, 6.07) is 10.0. The van der Waals surface area contributed by atoms with Crippen molar-refractivity contribution in [1.82, 2.24) is 0 Å². The van der Waals surface area contributed by atoms with Crippen LogP contribution in [0.5, 0.6) is 0 Å². The average Bonchev–Trinajstić information content (AvgIpc) is 2.34. The zero-order valence-electron chi connectivity index (χ0n) is 10.1. The smallest absolute Gasteiger partial charge is 0.0928 e. The van der Waals surface area contributed by atoms with Gasteiger partial charge in [-0.25, -0.2) is 0 Å². The fraction of sp³-hybridized carbons (Fsp3) is 0.429. The Hall–Kier alpha value is -1.44.